The molecular formula is C11H18ClN. The van der Waals surface area contributed by atoms with Crippen molar-refractivity contribution < 1.29 is 0 Å². The van der Waals surface area contributed by atoms with Crippen LogP contribution in [0.2, 0.25) is 0 Å². The lowest BCUT2D eigenvalue weighted by Crippen LogP contribution is -2.17. The summed E-state index contributed by atoms with van der Waals surface area (Å²) in [6.45, 7) is 4.21. The number of rotatable bonds is 3. The summed E-state index contributed by atoms with van der Waals surface area (Å²) in [5.41, 5.74) is 8.46. The summed E-state index contributed by atoms with van der Waals surface area (Å²) in [6, 6.07) is 8.91. The van der Waals surface area contributed by atoms with Crippen molar-refractivity contribution in [2.24, 2.45) is 5.73 Å². The first kappa shape index (κ1) is 12.5. The summed E-state index contributed by atoms with van der Waals surface area (Å²) in [6.07, 6.45) is 2.08. The number of benzene rings is 1. The summed E-state index contributed by atoms with van der Waals surface area (Å²) in [5, 5.41) is 0. The van der Waals surface area contributed by atoms with E-state index in [0.29, 0.717) is 0 Å². The van der Waals surface area contributed by atoms with E-state index >= 15 is 0 Å². The molecule has 0 heterocycles. The predicted octanol–water partition coefficient (Wildman–Crippen LogP) is 2.56. The van der Waals surface area contributed by atoms with Crippen molar-refractivity contribution in [2.75, 3.05) is 0 Å². The van der Waals surface area contributed by atoms with E-state index in [1.165, 1.54) is 11.1 Å². The SMILES string of the molecule is CCc1cccc(CC(C)N)c1.Cl. The Hall–Kier alpha value is -0.530. The van der Waals surface area contributed by atoms with Crippen LogP contribution in [0.15, 0.2) is 24.3 Å². The summed E-state index contributed by atoms with van der Waals surface area (Å²) in [4.78, 5) is 0. The summed E-state index contributed by atoms with van der Waals surface area (Å²) >= 11 is 0. The van der Waals surface area contributed by atoms with E-state index < -0.39 is 0 Å². The average molecular weight is 200 g/mol. The van der Waals surface area contributed by atoms with Gasteiger partial charge in [-0.25, -0.2) is 0 Å². The van der Waals surface area contributed by atoms with Gasteiger partial charge in [-0.15, -0.1) is 12.4 Å². The van der Waals surface area contributed by atoms with Gasteiger partial charge in [0, 0.05) is 6.04 Å². The first-order chi connectivity index (χ1) is 5.72. The summed E-state index contributed by atoms with van der Waals surface area (Å²) in [7, 11) is 0. The molecule has 13 heavy (non-hydrogen) atoms. The minimum absolute atomic E-state index is 0. The van der Waals surface area contributed by atoms with Crippen LogP contribution in [-0.4, -0.2) is 6.04 Å². The van der Waals surface area contributed by atoms with Crippen LogP contribution < -0.4 is 5.73 Å². The number of nitrogens with two attached hydrogens (primary N) is 1. The molecule has 0 fully saturated rings. The van der Waals surface area contributed by atoms with E-state index in [1.54, 1.807) is 0 Å². The van der Waals surface area contributed by atoms with Gasteiger partial charge >= 0.3 is 0 Å². The van der Waals surface area contributed by atoms with Gasteiger partial charge in [0.2, 0.25) is 0 Å². The molecule has 0 saturated carbocycles. The molecule has 1 unspecified atom stereocenters. The molecule has 0 bridgehead atoms. The summed E-state index contributed by atoms with van der Waals surface area (Å²) < 4.78 is 0. The topological polar surface area (TPSA) is 26.0 Å². The Morgan fingerprint density at radius 1 is 1.31 bits per heavy atom. The van der Waals surface area contributed by atoms with Gasteiger partial charge in [0.25, 0.3) is 0 Å². The van der Waals surface area contributed by atoms with E-state index in [0.717, 1.165) is 12.8 Å². The van der Waals surface area contributed by atoms with Gasteiger partial charge in [-0.05, 0) is 30.9 Å². The zero-order valence-electron chi connectivity index (χ0n) is 8.29. The maximum absolute atomic E-state index is 5.72. The van der Waals surface area contributed by atoms with Crippen molar-refractivity contribution in [3.05, 3.63) is 35.4 Å². The van der Waals surface area contributed by atoms with Crippen molar-refractivity contribution in [3.63, 3.8) is 0 Å². The number of hydrogen-bond acceptors (Lipinski definition) is 1. The number of aryl methyl sites for hydroxylation is 1. The molecule has 2 heteroatoms. The van der Waals surface area contributed by atoms with Crippen molar-refractivity contribution in [3.8, 4) is 0 Å². The summed E-state index contributed by atoms with van der Waals surface area (Å²) in [5.74, 6) is 0. The molecule has 1 nitrogen and oxygen atoms in total. The maximum atomic E-state index is 5.72. The lowest BCUT2D eigenvalue weighted by atomic mass is 10.0. The first-order valence-corrected chi connectivity index (χ1v) is 4.55. The van der Waals surface area contributed by atoms with Gasteiger partial charge < -0.3 is 5.73 Å². The Balaban J connectivity index is 0.00000144. The van der Waals surface area contributed by atoms with Crippen molar-refractivity contribution in [1.29, 1.82) is 0 Å². The minimum Gasteiger partial charge on any atom is -0.328 e. The second-order valence-electron chi connectivity index (χ2n) is 3.35. The highest BCUT2D eigenvalue weighted by molar-refractivity contribution is 5.85. The predicted molar refractivity (Wildman–Crippen MR) is 60.4 cm³/mol. The van der Waals surface area contributed by atoms with Crippen LogP contribution in [0.4, 0.5) is 0 Å². The number of halogens is 1. The fourth-order valence-electron chi connectivity index (χ4n) is 1.35. The Morgan fingerprint density at radius 3 is 2.46 bits per heavy atom. The second kappa shape index (κ2) is 6.01. The van der Waals surface area contributed by atoms with Crippen LogP contribution >= 0.6 is 12.4 Å². The molecule has 0 spiro atoms. The Morgan fingerprint density at radius 2 is 1.92 bits per heavy atom. The lowest BCUT2D eigenvalue weighted by molar-refractivity contribution is 0.737. The minimum atomic E-state index is 0. The average Bonchev–Trinajstić information content (AvgIpc) is 2.03. The van der Waals surface area contributed by atoms with E-state index in [4.69, 9.17) is 5.73 Å². The third-order valence-corrected chi connectivity index (χ3v) is 1.96. The Labute approximate surface area is 86.7 Å². The molecule has 74 valence electrons. The smallest absolute Gasteiger partial charge is 0.00509 e. The van der Waals surface area contributed by atoms with Crippen molar-refractivity contribution in [1.82, 2.24) is 0 Å². The van der Waals surface area contributed by atoms with Gasteiger partial charge in [-0.2, -0.15) is 0 Å². The fraction of sp³-hybridized carbons (Fsp3) is 0.455. The number of hydrogen-bond donors (Lipinski definition) is 1. The molecular weight excluding hydrogens is 182 g/mol. The monoisotopic (exact) mass is 199 g/mol. The Bertz CT molecular complexity index is 246. The van der Waals surface area contributed by atoms with Crippen molar-refractivity contribution >= 4 is 12.4 Å². The highest BCUT2D eigenvalue weighted by atomic mass is 35.5. The van der Waals surface area contributed by atoms with Gasteiger partial charge in [0.15, 0.2) is 0 Å². The van der Waals surface area contributed by atoms with Gasteiger partial charge in [-0.1, -0.05) is 31.2 Å². The standard InChI is InChI=1S/C11H17N.ClH/c1-3-10-5-4-6-11(8-10)7-9(2)12;/h4-6,8-9H,3,7,12H2,1-2H3;1H. The van der Waals surface area contributed by atoms with Crippen LogP contribution in [0.1, 0.15) is 25.0 Å². The fourth-order valence-corrected chi connectivity index (χ4v) is 1.35. The zero-order valence-corrected chi connectivity index (χ0v) is 9.10. The second-order valence-corrected chi connectivity index (χ2v) is 3.35. The third kappa shape index (κ3) is 4.30. The highest BCUT2D eigenvalue weighted by Crippen LogP contribution is 2.07. The highest BCUT2D eigenvalue weighted by Gasteiger charge is 1.97. The van der Waals surface area contributed by atoms with E-state index in [-0.39, 0.29) is 18.4 Å². The van der Waals surface area contributed by atoms with Crippen molar-refractivity contribution in [2.45, 2.75) is 32.7 Å². The molecule has 1 rings (SSSR count). The van der Waals surface area contributed by atoms with Crippen LogP contribution in [0.25, 0.3) is 0 Å². The molecule has 2 N–H and O–H groups in total. The zero-order chi connectivity index (χ0) is 8.97. The van der Waals surface area contributed by atoms with Gasteiger partial charge in [-0.3, -0.25) is 0 Å². The van der Waals surface area contributed by atoms with Gasteiger partial charge in [0.05, 0.1) is 0 Å². The quantitative estimate of drug-likeness (QED) is 0.796. The molecule has 0 amide bonds. The Kier molecular flexibility index (Phi) is 5.76. The van der Waals surface area contributed by atoms with Crippen LogP contribution in [-0.2, 0) is 12.8 Å². The van der Waals surface area contributed by atoms with Gasteiger partial charge in [0.1, 0.15) is 0 Å². The third-order valence-electron chi connectivity index (χ3n) is 1.96. The van der Waals surface area contributed by atoms with Crippen LogP contribution in [0, 0.1) is 0 Å². The molecule has 1 aromatic rings. The normalized spacial score (nSPS) is 11.9. The molecule has 0 aliphatic carbocycles. The molecule has 0 aliphatic rings. The lowest BCUT2D eigenvalue weighted by Gasteiger charge is -2.06. The van der Waals surface area contributed by atoms with E-state index in [9.17, 15) is 0 Å². The molecule has 1 aromatic carbocycles. The molecule has 0 aromatic heterocycles. The van der Waals surface area contributed by atoms with E-state index in [1.807, 2.05) is 6.92 Å². The maximum Gasteiger partial charge on any atom is 0.00509 e. The van der Waals surface area contributed by atoms with E-state index in [2.05, 4.69) is 31.2 Å². The van der Waals surface area contributed by atoms with Crippen LogP contribution in [0.3, 0.4) is 0 Å². The molecule has 0 radical (unpaired) electrons. The molecule has 0 saturated heterocycles. The first-order valence-electron chi connectivity index (χ1n) is 4.55. The van der Waals surface area contributed by atoms with Crippen LogP contribution in [0.5, 0.6) is 0 Å². The molecule has 1 atom stereocenters. The largest absolute Gasteiger partial charge is 0.328 e. The molecule has 0 aliphatic heterocycles.